The summed E-state index contributed by atoms with van der Waals surface area (Å²) in [6.45, 7) is 1.64. The van der Waals surface area contributed by atoms with E-state index in [0.717, 1.165) is 4.90 Å². The maximum absolute atomic E-state index is 13.3. The van der Waals surface area contributed by atoms with Gasteiger partial charge in [0, 0.05) is 5.75 Å². The lowest BCUT2D eigenvalue weighted by atomic mass is 10.00. The van der Waals surface area contributed by atoms with Crippen LogP contribution in [0.5, 0.6) is 11.5 Å². The highest BCUT2D eigenvalue weighted by molar-refractivity contribution is 8.00. The number of nitrogens with two attached hydrogens (primary N) is 1. The summed E-state index contributed by atoms with van der Waals surface area (Å²) in [5.74, 6) is -2.81. The van der Waals surface area contributed by atoms with Crippen LogP contribution in [0.25, 0.3) is 0 Å². The number of thioether (sulfide) groups is 1. The first-order chi connectivity index (χ1) is 17.1. The van der Waals surface area contributed by atoms with E-state index in [2.05, 4.69) is 10.6 Å². The second kappa shape index (κ2) is 9.91. The van der Waals surface area contributed by atoms with Crippen molar-refractivity contribution in [3.63, 3.8) is 0 Å². The first kappa shape index (κ1) is 25.1. The lowest BCUT2D eigenvalue weighted by Crippen LogP contribution is -2.71. The third-order valence-corrected chi connectivity index (χ3v) is 7.39. The molecule has 0 saturated carbocycles. The summed E-state index contributed by atoms with van der Waals surface area (Å²) in [6, 6.07) is 7.92. The Hall–Kier alpha value is -4.03. The number of carboxylic acids is 1. The third kappa shape index (κ3) is 4.72. The topological polar surface area (TPSA) is 182 Å². The second-order valence-corrected chi connectivity index (χ2v) is 9.54. The van der Waals surface area contributed by atoms with E-state index < -0.39 is 47.2 Å². The van der Waals surface area contributed by atoms with Gasteiger partial charge >= 0.3 is 5.97 Å². The SMILES string of the molecule is CC1=C(C(=O)O)N2C(=O)[C@@H](NC(=O)[C@H](NC(=O)[C@@H](N)c3ccc(O)cc3)c3ccc(O)cc3)[C@H]2SC1. The number of carbonyl (C=O) groups excluding carboxylic acids is 3. The number of carboxylic acid groups (broad SMARTS) is 1. The molecule has 36 heavy (non-hydrogen) atoms. The molecule has 0 unspecified atom stereocenters. The van der Waals surface area contributed by atoms with Crippen molar-refractivity contribution in [2.24, 2.45) is 5.73 Å². The molecule has 0 aromatic heterocycles. The lowest BCUT2D eigenvalue weighted by molar-refractivity contribution is -0.151. The number of hydrogen-bond donors (Lipinski definition) is 6. The quantitative estimate of drug-likeness (QED) is 0.291. The third-order valence-electron chi connectivity index (χ3n) is 5.97. The Bertz CT molecular complexity index is 1250. The summed E-state index contributed by atoms with van der Waals surface area (Å²) in [5, 5.41) is 33.2. The minimum atomic E-state index is -1.26. The number of carbonyl (C=O) groups is 4. The maximum atomic E-state index is 13.3. The van der Waals surface area contributed by atoms with Gasteiger partial charge in [0.25, 0.3) is 5.91 Å². The first-order valence-electron chi connectivity index (χ1n) is 10.9. The van der Waals surface area contributed by atoms with Crippen LogP contribution in [0.2, 0.25) is 0 Å². The van der Waals surface area contributed by atoms with Crippen molar-refractivity contribution < 1.29 is 34.5 Å². The molecule has 0 aliphatic carbocycles. The van der Waals surface area contributed by atoms with Crippen LogP contribution in [0.3, 0.4) is 0 Å². The number of phenols is 2. The Morgan fingerprint density at radius 3 is 2.11 bits per heavy atom. The van der Waals surface area contributed by atoms with Crippen LogP contribution in [0.15, 0.2) is 59.8 Å². The standard InChI is InChI=1S/C24H24N4O7S/c1-11-10-36-23-18(22(33)28(23)19(11)24(34)35)27-21(32)17(13-4-8-15(30)9-5-13)26-20(31)16(25)12-2-6-14(29)7-3-12/h2-9,16-18,23,29-30H,10,25H2,1H3,(H,26,31)(H,27,32)(H,34,35)/t16-,17+,18+,23+/m0/s1. The Balaban J connectivity index is 1.54. The Kier molecular flexibility index (Phi) is 6.91. The zero-order valence-electron chi connectivity index (χ0n) is 19.0. The molecule has 2 aromatic carbocycles. The fraction of sp³-hybridized carbons (Fsp3) is 0.250. The summed E-state index contributed by atoms with van der Waals surface area (Å²) in [5.41, 5.74) is 7.26. The van der Waals surface area contributed by atoms with Crippen LogP contribution in [-0.4, -0.2) is 61.1 Å². The fourth-order valence-corrected chi connectivity index (χ4v) is 5.34. The second-order valence-electron chi connectivity index (χ2n) is 8.43. The van der Waals surface area contributed by atoms with E-state index in [1.165, 1.54) is 60.3 Å². The van der Waals surface area contributed by atoms with Gasteiger partial charge in [0.1, 0.15) is 40.7 Å². The minimum Gasteiger partial charge on any atom is -0.508 e. The number of aromatic hydroxyl groups is 2. The zero-order chi connectivity index (χ0) is 26.1. The van der Waals surface area contributed by atoms with E-state index in [4.69, 9.17) is 5.73 Å². The van der Waals surface area contributed by atoms with Gasteiger partial charge in [-0.25, -0.2) is 4.79 Å². The number of rotatable bonds is 7. The van der Waals surface area contributed by atoms with E-state index in [1.54, 1.807) is 6.92 Å². The molecule has 12 heteroatoms. The van der Waals surface area contributed by atoms with E-state index in [9.17, 15) is 34.5 Å². The zero-order valence-corrected chi connectivity index (χ0v) is 19.9. The molecule has 7 N–H and O–H groups in total. The van der Waals surface area contributed by atoms with Crippen LogP contribution >= 0.6 is 11.8 Å². The molecule has 0 bridgehead atoms. The molecule has 0 radical (unpaired) electrons. The van der Waals surface area contributed by atoms with Gasteiger partial charge in [-0.3, -0.25) is 19.3 Å². The van der Waals surface area contributed by atoms with Gasteiger partial charge < -0.3 is 31.7 Å². The van der Waals surface area contributed by atoms with Gasteiger partial charge in [-0.2, -0.15) is 0 Å². The van der Waals surface area contributed by atoms with Gasteiger partial charge in [-0.1, -0.05) is 24.3 Å². The highest BCUT2D eigenvalue weighted by Crippen LogP contribution is 2.40. The summed E-state index contributed by atoms with van der Waals surface area (Å²) in [7, 11) is 0. The molecule has 0 spiro atoms. The number of hydrogen-bond acceptors (Lipinski definition) is 8. The molecule has 1 saturated heterocycles. The molecule has 2 aromatic rings. The summed E-state index contributed by atoms with van der Waals surface area (Å²) in [6.07, 6.45) is 0. The molecule has 2 heterocycles. The Morgan fingerprint density at radius 1 is 1.00 bits per heavy atom. The van der Waals surface area contributed by atoms with Crippen molar-refractivity contribution in [3.8, 4) is 11.5 Å². The number of aliphatic carboxylic acids is 1. The van der Waals surface area contributed by atoms with E-state index in [1.807, 2.05) is 0 Å². The summed E-state index contributed by atoms with van der Waals surface area (Å²) < 4.78 is 0. The molecule has 1 fully saturated rings. The molecular formula is C24H24N4O7S. The predicted octanol–water partition coefficient (Wildman–Crippen LogP) is 0.714. The van der Waals surface area contributed by atoms with Crippen LogP contribution in [0, 0.1) is 0 Å². The highest BCUT2D eigenvalue weighted by Gasteiger charge is 2.54. The van der Waals surface area contributed by atoms with Gasteiger partial charge in [0.05, 0.1) is 0 Å². The van der Waals surface area contributed by atoms with Gasteiger partial charge in [0.2, 0.25) is 11.8 Å². The average molecular weight is 513 g/mol. The first-order valence-corrected chi connectivity index (χ1v) is 11.9. The maximum Gasteiger partial charge on any atom is 0.352 e. The number of nitrogens with one attached hydrogen (secondary N) is 2. The number of fused-ring (bicyclic) bond motifs is 1. The van der Waals surface area contributed by atoms with Crippen molar-refractivity contribution in [1.29, 1.82) is 0 Å². The fourth-order valence-electron chi connectivity index (χ4n) is 4.04. The molecule has 2 aliphatic heterocycles. The van der Waals surface area contributed by atoms with Crippen LogP contribution in [0.4, 0.5) is 0 Å². The van der Waals surface area contributed by atoms with Crippen molar-refractivity contribution in [1.82, 2.24) is 15.5 Å². The Labute approximate surface area is 210 Å². The van der Waals surface area contributed by atoms with Crippen LogP contribution < -0.4 is 16.4 Å². The van der Waals surface area contributed by atoms with Gasteiger partial charge in [-0.05, 0) is 47.9 Å². The van der Waals surface area contributed by atoms with Crippen LogP contribution in [0.1, 0.15) is 30.1 Å². The normalized spacial score (nSPS) is 20.6. The van der Waals surface area contributed by atoms with Crippen molar-refractivity contribution in [2.45, 2.75) is 30.4 Å². The van der Waals surface area contributed by atoms with E-state index in [0.29, 0.717) is 22.5 Å². The summed E-state index contributed by atoms with van der Waals surface area (Å²) >= 11 is 1.33. The molecule has 11 nitrogen and oxygen atoms in total. The molecule has 4 rings (SSSR count). The van der Waals surface area contributed by atoms with Gasteiger partial charge in [-0.15, -0.1) is 11.8 Å². The molecule has 188 valence electrons. The molecule has 3 amide bonds. The summed E-state index contributed by atoms with van der Waals surface area (Å²) in [4.78, 5) is 51.8. The molecular weight excluding hydrogens is 488 g/mol. The van der Waals surface area contributed by atoms with Crippen molar-refractivity contribution in [2.75, 3.05) is 5.75 Å². The Morgan fingerprint density at radius 2 is 1.56 bits per heavy atom. The number of phenolic OH excluding ortho intramolecular Hbond substituents is 2. The smallest absolute Gasteiger partial charge is 0.352 e. The van der Waals surface area contributed by atoms with E-state index in [-0.39, 0.29) is 17.2 Å². The molecule has 4 atom stereocenters. The van der Waals surface area contributed by atoms with Gasteiger partial charge in [0.15, 0.2) is 0 Å². The number of nitrogens with zero attached hydrogens (tertiary/aromatic N) is 1. The average Bonchev–Trinajstić information content (AvgIpc) is 2.85. The monoisotopic (exact) mass is 512 g/mol. The van der Waals surface area contributed by atoms with Crippen molar-refractivity contribution in [3.05, 3.63) is 70.9 Å². The number of amides is 3. The number of β-lactam (4-membered cyclic amide) rings is 1. The number of benzene rings is 2. The van der Waals surface area contributed by atoms with E-state index >= 15 is 0 Å². The minimum absolute atomic E-state index is 0.00333. The lowest BCUT2D eigenvalue weighted by Gasteiger charge is -2.49. The largest absolute Gasteiger partial charge is 0.508 e. The predicted molar refractivity (Wildman–Crippen MR) is 129 cm³/mol. The highest BCUT2D eigenvalue weighted by atomic mass is 32.2. The van der Waals surface area contributed by atoms with Crippen molar-refractivity contribution >= 4 is 35.5 Å². The van der Waals surface area contributed by atoms with Crippen LogP contribution in [-0.2, 0) is 19.2 Å². The molecule has 2 aliphatic rings.